The van der Waals surface area contributed by atoms with E-state index in [1.165, 1.54) is 128 Å². The molecule has 4 radical (unpaired) electrons. The molecule has 3 atom stereocenters. The molecule has 0 spiro atoms. The SMILES string of the molecule is CO[Si](OC)(OC)OC[Si](C)O[Si](C)(CCC[Si](C)([CH-]CCC[Si](C)(O[Si](C)CO[Si](OC)(OC)OC)O[Si](C)(C)O[Si](OC)(OC)OC)CCC[Si](C)(O[Si](C)CO[Si](OC)(OC)OC)O[Si](C)(C)O[Si](OC)(OC)OC)O[Si](C)CO[Si](OC)(OC)OC.[W]. The van der Waals surface area contributed by atoms with E-state index in [1.54, 1.807) is 0 Å². The minimum atomic E-state index is -3.55. The molecular formula is C44H117O30Si16W-. The maximum absolute atomic E-state index is 7.18. The van der Waals surface area contributed by atoms with Crippen LogP contribution in [0.1, 0.15) is 25.7 Å². The standard InChI is InChI=1S/C44H117O30Si16.W/c1-45-85(46-2,47-3)63-41-75(19)67-82(28,68-76(20)42-64-86(48-4,49-5)50-6)39-33-36-81(27,37-34-40-84(30,70-78(22)44-66-88(54-10,55-11)56-12)72-80(25,26)74-90(60-16,61-17)62-18)35-31-32-38-83(29,69-77(21)43-65-87(51-7,52-8)53-9)71-79(23,24)73-89(57-13,58-14)59-15;/h35H,31-34,36-44H2,1-30H3;/q-1;. The third kappa shape index (κ3) is 34.2. The van der Waals surface area contributed by atoms with Crippen LogP contribution in [-0.2, 0) is 151 Å². The summed E-state index contributed by atoms with van der Waals surface area (Å²) in [6, 6.07) is 6.31. The van der Waals surface area contributed by atoms with Crippen molar-refractivity contribution in [2.45, 2.75) is 134 Å². The normalized spacial score (nSPS) is 15.9. The van der Waals surface area contributed by atoms with Gasteiger partial charge in [0.05, 0.1) is 24.9 Å². The van der Waals surface area contributed by atoms with E-state index in [4.69, 9.17) is 130 Å². The molecule has 0 saturated carbocycles. The van der Waals surface area contributed by atoms with E-state index in [-0.39, 0.29) is 46.0 Å². The Morgan fingerprint density at radius 1 is 0.264 bits per heavy atom. The maximum Gasteiger partial charge on any atom is 0.678 e. The molecule has 0 aliphatic rings. The third-order valence-corrected chi connectivity index (χ3v) is 62.0. The van der Waals surface area contributed by atoms with Gasteiger partial charge in [-0.2, -0.15) is 6.42 Å². The molecule has 0 aromatic rings. The Kier molecular flexibility index (Phi) is 48.4. The molecule has 91 heavy (non-hydrogen) atoms. The summed E-state index contributed by atoms with van der Waals surface area (Å²) in [6.45, 7) is 24.6. The number of hydrogen-bond acceptors (Lipinski definition) is 30. The Hall–Kier alpha value is 2.96. The van der Waals surface area contributed by atoms with Gasteiger partial charge < -0.3 is 136 Å². The van der Waals surface area contributed by atoms with E-state index in [9.17, 15) is 0 Å². The first-order valence-corrected chi connectivity index (χ1v) is 63.6. The molecule has 30 nitrogen and oxygen atoms in total. The van der Waals surface area contributed by atoms with Crippen molar-refractivity contribution in [3.63, 3.8) is 0 Å². The zero-order valence-corrected chi connectivity index (χ0v) is 79.4. The molecule has 0 rings (SSSR count). The van der Waals surface area contributed by atoms with Crippen molar-refractivity contribution in [1.82, 2.24) is 0 Å². The maximum atomic E-state index is 7.18. The van der Waals surface area contributed by atoms with E-state index in [0.717, 1.165) is 37.8 Å². The topological polar surface area (TPSA) is 277 Å². The summed E-state index contributed by atoms with van der Waals surface area (Å²) < 4.78 is 182. The minimum Gasteiger partial charge on any atom is -0.434 e. The second kappa shape index (κ2) is 45.8. The van der Waals surface area contributed by atoms with Gasteiger partial charge in [-0.05, 0) is 90.1 Å². The van der Waals surface area contributed by atoms with Gasteiger partial charge >= 0.3 is 97.1 Å². The molecular weight excluding hydrogens is 1640 g/mol. The fourth-order valence-electron chi connectivity index (χ4n) is 9.69. The number of rotatable bonds is 59. The molecule has 0 aliphatic heterocycles. The van der Waals surface area contributed by atoms with E-state index >= 15 is 0 Å². The minimum absolute atomic E-state index is 0. The van der Waals surface area contributed by atoms with Gasteiger partial charge in [-0.1, -0.05) is 46.0 Å². The molecule has 0 fully saturated rings. The molecule has 0 saturated heterocycles. The second-order valence-corrected chi connectivity index (χ2v) is 68.5. The first-order valence-electron chi connectivity index (χ1n) is 29.1. The smallest absolute Gasteiger partial charge is 0.434 e. The largest absolute Gasteiger partial charge is 0.678 e. The van der Waals surface area contributed by atoms with Crippen LogP contribution in [0.2, 0.25) is 109 Å². The Balaban J connectivity index is 0. The Morgan fingerprint density at radius 2 is 0.473 bits per heavy atom. The summed E-state index contributed by atoms with van der Waals surface area (Å²) in [5.74, 6) is 0. The molecule has 0 bridgehead atoms. The van der Waals surface area contributed by atoms with Gasteiger partial charge in [-0.15, -0.1) is 0 Å². The van der Waals surface area contributed by atoms with Crippen LogP contribution in [-0.4, -0.2) is 294 Å². The summed E-state index contributed by atoms with van der Waals surface area (Å²) in [5.41, 5.74) is 0. The molecule has 0 aromatic carbocycles. The summed E-state index contributed by atoms with van der Waals surface area (Å²) >= 11 is 0. The predicted molar refractivity (Wildman–Crippen MR) is 368 cm³/mol. The van der Waals surface area contributed by atoms with Crippen molar-refractivity contribution in [1.29, 1.82) is 0 Å². The summed E-state index contributed by atoms with van der Waals surface area (Å²) in [4.78, 5) is 0. The number of unbranched alkanes of at least 4 members (excludes halogenated alkanes) is 1. The van der Waals surface area contributed by atoms with Gasteiger partial charge in [0.15, 0.2) is 0 Å². The van der Waals surface area contributed by atoms with Crippen LogP contribution in [0.5, 0.6) is 0 Å². The zero-order chi connectivity index (χ0) is 69.4. The van der Waals surface area contributed by atoms with Crippen LogP contribution in [0, 0.1) is 6.04 Å². The van der Waals surface area contributed by atoms with Crippen LogP contribution in [0.25, 0.3) is 0 Å². The fourth-order valence-corrected chi connectivity index (χ4v) is 59.9. The van der Waals surface area contributed by atoms with Crippen LogP contribution in [0.15, 0.2) is 0 Å². The average molecular weight is 1760 g/mol. The fraction of sp³-hybridized carbons (Fsp3) is 0.977. The van der Waals surface area contributed by atoms with Crippen LogP contribution in [0.3, 0.4) is 0 Å². The van der Waals surface area contributed by atoms with Crippen molar-refractivity contribution >= 4 is 141 Å². The van der Waals surface area contributed by atoms with Gasteiger partial charge in [-0.25, -0.2) is 0 Å². The molecule has 544 valence electrons. The van der Waals surface area contributed by atoms with Crippen molar-refractivity contribution in [2.75, 3.05) is 153 Å². The molecule has 0 aliphatic carbocycles. The van der Waals surface area contributed by atoms with Crippen molar-refractivity contribution in [3.8, 4) is 0 Å². The summed E-state index contributed by atoms with van der Waals surface area (Å²) in [5, 5.41) is 0. The Morgan fingerprint density at radius 3 is 0.703 bits per heavy atom. The van der Waals surface area contributed by atoms with Crippen LogP contribution < -0.4 is 0 Å². The van der Waals surface area contributed by atoms with E-state index in [1.807, 2.05) is 52.4 Å². The van der Waals surface area contributed by atoms with E-state index < -0.39 is 141 Å². The van der Waals surface area contributed by atoms with E-state index in [0.29, 0.717) is 18.1 Å². The molecule has 0 aromatic heterocycles. The van der Waals surface area contributed by atoms with Crippen molar-refractivity contribution < 1.29 is 151 Å². The third-order valence-electron chi connectivity index (χ3n) is 13.8. The van der Waals surface area contributed by atoms with Crippen LogP contribution >= 0.6 is 0 Å². The van der Waals surface area contributed by atoms with Crippen molar-refractivity contribution in [3.05, 3.63) is 6.04 Å². The van der Waals surface area contributed by atoms with Gasteiger partial charge in [0.2, 0.25) is 36.2 Å². The second-order valence-electron chi connectivity index (χ2n) is 22.1. The molecule has 47 heteroatoms. The van der Waals surface area contributed by atoms with Gasteiger partial charge in [0.1, 0.15) is 0 Å². The average Bonchev–Trinajstić information content (AvgIpc) is 3.03. The van der Waals surface area contributed by atoms with Gasteiger partial charge in [0, 0.05) is 149 Å². The number of hydrogen-bond donors (Lipinski definition) is 0. The molecule has 0 N–H and O–H groups in total. The van der Waals surface area contributed by atoms with Gasteiger partial charge in [0.25, 0.3) is 0 Å². The predicted octanol–water partition coefficient (Wildman–Crippen LogP) is 6.08. The van der Waals surface area contributed by atoms with Crippen LogP contribution in [0.4, 0.5) is 0 Å². The first-order chi connectivity index (χ1) is 41.9. The molecule has 0 heterocycles. The van der Waals surface area contributed by atoms with Crippen molar-refractivity contribution in [2.24, 2.45) is 0 Å². The monoisotopic (exact) mass is 1760 g/mol. The van der Waals surface area contributed by atoms with Gasteiger partial charge in [-0.3, -0.25) is 0 Å². The Labute approximate surface area is 581 Å². The molecule has 0 amide bonds. The molecule has 3 unspecified atom stereocenters. The summed E-state index contributed by atoms with van der Waals surface area (Å²) in [6.07, 6.45) is 4.00. The zero-order valence-electron chi connectivity index (χ0n) is 60.4. The quantitative estimate of drug-likeness (QED) is 0.0379. The summed E-state index contributed by atoms with van der Waals surface area (Å²) in [7, 11) is -18.2. The Bertz CT molecular complexity index is 1810. The first kappa shape index (κ1) is 96.0. The van der Waals surface area contributed by atoms with E-state index in [2.05, 4.69) is 32.2 Å².